The van der Waals surface area contributed by atoms with Gasteiger partial charge in [0.25, 0.3) is 5.91 Å². The standard InChI is InChI=1S/C16H25NO2S/c1-11(2)8-12(6-7-18)10-17-16(19)15-9-13-4-3-5-14(13)20-15/h9,11-12,18H,3-8,10H2,1-2H3,(H,17,19). The van der Waals surface area contributed by atoms with Gasteiger partial charge in [0.05, 0.1) is 4.88 Å². The second-order valence-electron chi connectivity index (χ2n) is 6.13. The number of carbonyl (C=O) groups is 1. The van der Waals surface area contributed by atoms with Crippen LogP contribution in [0.4, 0.5) is 0 Å². The largest absolute Gasteiger partial charge is 0.396 e. The van der Waals surface area contributed by atoms with E-state index >= 15 is 0 Å². The molecule has 112 valence electrons. The highest BCUT2D eigenvalue weighted by Crippen LogP contribution is 2.30. The Labute approximate surface area is 125 Å². The molecule has 1 heterocycles. The zero-order chi connectivity index (χ0) is 14.5. The molecule has 0 saturated heterocycles. The van der Waals surface area contributed by atoms with Crippen molar-refractivity contribution in [3.8, 4) is 0 Å². The van der Waals surface area contributed by atoms with Gasteiger partial charge in [-0.15, -0.1) is 11.3 Å². The molecule has 0 bridgehead atoms. The van der Waals surface area contributed by atoms with Crippen molar-refractivity contribution in [2.75, 3.05) is 13.2 Å². The van der Waals surface area contributed by atoms with Gasteiger partial charge < -0.3 is 10.4 Å². The van der Waals surface area contributed by atoms with Gasteiger partial charge in [0.2, 0.25) is 0 Å². The molecular weight excluding hydrogens is 270 g/mol. The fourth-order valence-electron chi connectivity index (χ4n) is 2.92. The Morgan fingerprint density at radius 3 is 2.90 bits per heavy atom. The van der Waals surface area contributed by atoms with Gasteiger partial charge in [-0.3, -0.25) is 4.79 Å². The number of aliphatic hydroxyl groups excluding tert-OH is 1. The summed E-state index contributed by atoms with van der Waals surface area (Å²) in [6, 6.07) is 2.06. The summed E-state index contributed by atoms with van der Waals surface area (Å²) in [7, 11) is 0. The molecule has 0 fully saturated rings. The summed E-state index contributed by atoms with van der Waals surface area (Å²) in [6.07, 6.45) is 5.30. The molecule has 2 rings (SSSR count). The lowest BCUT2D eigenvalue weighted by atomic mass is 9.94. The Bertz CT molecular complexity index is 432. The third kappa shape index (κ3) is 4.06. The van der Waals surface area contributed by atoms with Crippen LogP contribution in [0.15, 0.2) is 6.07 Å². The van der Waals surface area contributed by atoms with Crippen LogP contribution in [0, 0.1) is 11.8 Å². The number of aryl methyl sites for hydroxylation is 2. The van der Waals surface area contributed by atoms with Crippen LogP contribution in [0.5, 0.6) is 0 Å². The molecule has 0 aromatic carbocycles. The van der Waals surface area contributed by atoms with E-state index in [9.17, 15) is 4.79 Å². The summed E-state index contributed by atoms with van der Waals surface area (Å²) >= 11 is 1.65. The van der Waals surface area contributed by atoms with Gasteiger partial charge >= 0.3 is 0 Å². The van der Waals surface area contributed by atoms with E-state index in [1.807, 2.05) is 0 Å². The first-order valence-electron chi connectivity index (χ1n) is 7.60. The maximum Gasteiger partial charge on any atom is 0.261 e. The van der Waals surface area contributed by atoms with Gasteiger partial charge in [-0.25, -0.2) is 0 Å². The first-order chi connectivity index (χ1) is 9.60. The third-order valence-electron chi connectivity index (χ3n) is 3.86. The van der Waals surface area contributed by atoms with E-state index in [0.717, 1.165) is 30.6 Å². The van der Waals surface area contributed by atoms with E-state index in [1.165, 1.54) is 16.9 Å². The van der Waals surface area contributed by atoms with Crippen LogP contribution < -0.4 is 5.32 Å². The number of rotatable bonds is 7. The van der Waals surface area contributed by atoms with Crippen LogP contribution in [-0.2, 0) is 12.8 Å². The smallest absolute Gasteiger partial charge is 0.261 e. The quantitative estimate of drug-likeness (QED) is 0.812. The van der Waals surface area contributed by atoms with Crippen molar-refractivity contribution in [3.05, 3.63) is 21.4 Å². The average molecular weight is 295 g/mol. The molecule has 0 saturated carbocycles. The molecule has 1 aromatic heterocycles. The number of aliphatic hydroxyl groups is 1. The molecule has 0 spiro atoms. The Morgan fingerprint density at radius 2 is 2.25 bits per heavy atom. The van der Waals surface area contributed by atoms with Gasteiger partial charge in [0, 0.05) is 18.0 Å². The van der Waals surface area contributed by atoms with E-state index in [1.54, 1.807) is 11.3 Å². The minimum Gasteiger partial charge on any atom is -0.396 e. The monoisotopic (exact) mass is 295 g/mol. The maximum absolute atomic E-state index is 12.2. The van der Waals surface area contributed by atoms with Crippen LogP contribution in [-0.4, -0.2) is 24.2 Å². The molecule has 1 aliphatic carbocycles. The predicted octanol–water partition coefficient (Wildman–Crippen LogP) is 3.01. The lowest BCUT2D eigenvalue weighted by Crippen LogP contribution is -2.30. The highest BCUT2D eigenvalue weighted by molar-refractivity contribution is 7.14. The van der Waals surface area contributed by atoms with Crippen molar-refractivity contribution in [1.82, 2.24) is 5.32 Å². The number of amides is 1. The molecule has 0 radical (unpaired) electrons. The molecule has 4 heteroatoms. The minimum absolute atomic E-state index is 0.0519. The number of hydrogen-bond acceptors (Lipinski definition) is 3. The lowest BCUT2D eigenvalue weighted by Gasteiger charge is -2.18. The second-order valence-corrected chi connectivity index (χ2v) is 7.27. The Morgan fingerprint density at radius 1 is 1.45 bits per heavy atom. The maximum atomic E-state index is 12.2. The second kappa shape index (κ2) is 7.23. The van der Waals surface area contributed by atoms with Gasteiger partial charge in [-0.1, -0.05) is 13.8 Å². The highest BCUT2D eigenvalue weighted by Gasteiger charge is 2.19. The normalized spacial score (nSPS) is 15.4. The molecule has 20 heavy (non-hydrogen) atoms. The van der Waals surface area contributed by atoms with Crippen LogP contribution >= 0.6 is 11.3 Å². The Hall–Kier alpha value is -0.870. The number of nitrogens with one attached hydrogen (secondary N) is 1. The van der Waals surface area contributed by atoms with Gasteiger partial charge in [0.15, 0.2) is 0 Å². The van der Waals surface area contributed by atoms with E-state index in [0.29, 0.717) is 18.4 Å². The fourth-order valence-corrected chi connectivity index (χ4v) is 4.09. The van der Waals surface area contributed by atoms with E-state index < -0.39 is 0 Å². The number of hydrogen-bond donors (Lipinski definition) is 2. The van der Waals surface area contributed by atoms with Crippen molar-refractivity contribution in [3.63, 3.8) is 0 Å². The fraction of sp³-hybridized carbons (Fsp3) is 0.688. The van der Waals surface area contributed by atoms with Crippen LogP contribution in [0.2, 0.25) is 0 Å². The Balaban J connectivity index is 1.86. The van der Waals surface area contributed by atoms with Crippen LogP contribution in [0.1, 0.15) is 53.2 Å². The Kier molecular flexibility index (Phi) is 5.61. The third-order valence-corrected chi connectivity index (χ3v) is 5.10. The van der Waals surface area contributed by atoms with Crippen LogP contribution in [0.3, 0.4) is 0 Å². The summed E-state index contributed by atoms with van der Waals surface area (Å²) in [4.78, 5) is 14.4. The van der Waals surface area contributed by atoms with Gasteiger partial charge in [0.1, 0.15) is 0 Å². The number of carbonyl (C=O) groups excluding carboxylic acids is 1. The molecule has 3 nitrogen and oxygen atoms in total. The summed E-state index contributed by atoms with van der Waals surface area (Å²) in [6.45, 7) is 5.22. The summed E-state index contributed by atoms with van der Waals surface area (Å²) in [5.41, 5.74) is 1.37. The SMILES string of the molecule is CC(C)CC(CCO)CNC(=O)c1cc2c(s1)CCC2. The van der Waals surface area contributed by atoms with E-state index in [-0.39, 0.29) is 12.5 Å². The van der Waals surface area contributed by atoms with Crippen molar-refractivity contribution in [2.24, 2.45) is 11.8 Å². The molecule has 1 aromatic rings. The van der Waals surface area contributed by atoms with Crippen molar-refractivity contribution in [1.29, 1.82) is 0 Å². The molecule has 2 N–H and O–H groups in total. The number of fused-ring (bicyclic) bond motifs is 1. The highest BCUT2D eigenvalue weighted by atomic mass is 32.1. The summed E-state index contributed by atoms with van der Waals surface area (Å²) in [5.74, 6) is 1.01. The lowest BCUT2D eigenvalue weighted by molar-refractivity contribution is 0.0945. The van der Waals surface area contributed by atoms with Crippen LogP contribution in [0.25, 0.3) is 0 Å². The molecular formula is C16H25NO2S. The van der Waals surface area contributed by atoms with E-state index in [4.69, 9.17) is 5.11 Å². The topological polar surface area (TPSA) is 49.3 Å². The van der Waals surface area contributed by atoms with Gasteiger partial charge in [-0.05, 0) is 55.6 Å². The molecule has 1 aliphatic rings. The summed E-state index contributed by atoms with van der Waals surface area (Å²) in [5, 5.41) is 12.1. The number of thiophene rings is 1. The average Bonchev–Trinajstić information content (AvgIpc) is 2.95. The van der Waals surface area contributed by atoms with Crippen molar-refractivity contribution in [2.45, 2.75) is 46.0 Å². The predicted molar refractivity (Wildman–Crippen MR) is 83.3 cm³/mol. The van der Waals surface area contributed by atoms with Gasteiger partial charge in [-0.2, -0.15) is 0 Å². The first kappa shape index (κ1) is 15.5. The minimum atomic E-state index is 0.0519. The first-order valence-corrected chi connectivity index (χ1v) is 8.42. The zero-order valence-electron chi connectivity index (χ0n) is 12.4. The zero-order valence-corrected chi connectivity index (χ0v) is 13.3. The summed E-state index contributed by atoms with van der Waals surface area (Å²) < 4.78 is 0. The molecule has 1 unspecified atom stereocenters. The molecule has 1 atom stereocenters. The van der Waals surface area contributed by atoms with E-state index in [2.05, 4.69) is 25.2 Å². The molecule has 1 amide bonds. The van der Waals surface area contributed by atoms with Crippen molar-refractivity contribution >= 4 is 17.2 Å². The van der Waals surface area contributed by atoms with Crippen molar-refractivity contribution < 1.29 is 9.90 Å². The molecule has 0 aliphatic heterocycles.